The first kappa shape index (κ1) is 11.2. The monoisotopic (exact) mass is 198 g/mol. The molecule has 3 heteroatoms. The second-order valence-electron chi connectivity index (χ2n) is 4.55. The van der Waals surface area contributed by atoms with Crippen LogP contribution in [-0.4, -0.2) is 16.9 Å². The molecule has 1 saturated carbocycles. The minimum absolute atomic E-state index is 0.0483. The van der Waals surface area contributed by atoms with Gasteiger partial charge in [-0.1, -0.05) is 20.3 Å². The Labute approximate surface area is 84.5 Å². The molecule has 0 radical (unpaired) electrons. The lowest BCUT2D eigenvalue weighted by Crippen LogP contribution is -2.38. The van der Waals surface area contributed by atoms with Gasteiger partial charge in [0.15, 0.2) is 0 Å². The number of ketones is 1. The number of carbonyl (C=O) groups is 2. The van der Waals surface area contributed by atoms with Crippen LogP contribution in [0.4, 0.5) is 0 Å². The highest BCUT2D eigenvalue weighted by Gasteiger charge is 2.40. The Hall–Kier alpha value is -0.860. The minimum Gasteiger partial charge on any atom is -0.481 e. The van der Waals surface area contributed by atoms with Crippen molar-refractivity contribution in [3.63, 3.8) is 0 Å². The number of carbonyl (C=O) groups excluding carboxylic acids is 1. The molecule has 0 heterocycles. The zero-order valence-corrected chi connectivity index (χ0v) is 8.88. The fourth-order valence-electron chi connectivity index (χ4n) is 2.21. The molecule has 0 saturated heterocycles. The molecule has 80 valence electrons. The van der Waals surface area contributed by atoms with Gasteiger partial charge < -0.3 is 5.11 Å². The van der Waals surface area contributed by atoms with Crippen molar-refractivity contribution in [3.05, 3.63) is 0 Å². The summed E-state index contributed by atoms with van der Waals surface area (Å²) in [6, 6.07) is 0. The molecule has 1 aliphatic carbocycles. The van der Waals surface area contributed by atoms with Gasteiger partial charge in [-0.25, -0.2) is 0 Å². The van der Waals surface area contributed by atoms with Crippen LogP contribution in [0.25, 0.3) is 0 Å². The number of carboxylic acid groups (broad SMARTS) is 1. The van der Waals surface area contributed by atoms with Gasteiger partial charge in [0, 0.05) is 18.3 Å². The number of aliphatic carboxylic acids is 1. The van der Waals surface area contributed by atoms with E-state index in [9.17, 15) is 9.59 Å². The Morgan fingerprint density at radius 2 is 2.21 bits per heavy atom. The van der Waals surface area contributed by atoms with Crippen LogP contribution < -0.4 is 0 Å². The van der Waals surface area contributed by atoms with Crippen LogP contribution in [0.1, 0.15) is 46.0 Å². The third kappa shape index (κ3) is 2.14. The highest BCUT2D eigenvalue weighted by atomic mass is 16.4. The Morgan fingerprint density at radius 3 is 2.71 bits per heavy atom. The van der Waals surface area contributed by atoms with Crippen molar-refractivity contribution >= 4 is 11.8 Å². The van der Waals surface area contributed by atoms with Crippen LogP contribution in [0.3, 0.4) is 0 Å². The first-order valence-electron chi connectivity index (χ1n) is 5.22. The molecular weight excluding hydrogens is 180 g/mol. The lowest BCUT2D eigenvalue weighted by molar-refractivity contribution is -0.141. The summed E-state index contributed by atoms with van der Waals surface area (Å²) in [7, 11) is 0. The summed E-state index contributed by atoms with van der Waals surface area (Å²) in [6.45, 7) is 3.79. The Morgan fingerprint density at radius 1 is 1.57 bits per heavy atom. The molecular formula is C11H18O3. The predicted octanol–water partition coefficient (Wildman–Crippen LogP) is 2.25. The fourth-order valence-corrected chi connectivity index (χ4v) is 2.21. The lowest BCUT2D eigenvalue weighted by Gasteiger charge is -2.36. The number of Topliss-reactive ketones (excluding diaryl/α,β-unsaturated/α-hetero) is 1. The van der Waals surface area contributed by atoms with Gasteiger partial charge in [-0.05, 0) is 18.8 Å². The lowest BCUT2D eigenvalue weighted by atomic mass is 9.66. The molecule has 0 aromatic heterocycles. The molecule has 0 aliphatic heterocycles. The minimum atomic E-state index is -0.808. The Balaban J connectivity index is 2.70. The van der Waals surface area contributed by atoms with Gasteiger partial charge >= 0.3 is 5.97 Å². The van der Waals surface area contributed by atoms with Gasteiger partial charge in [0.2, 0.25) is 0 Å². The summed E-state index contributed by atoms with van der Waals surface area (Å²) >= 11 is 0. The predicted molar refractivity (Wildman–Crippen MR) is 53.0 cm³/mol. The number of carboxylic acids is 1. The van der Waals surface area contributed by atoms with Gasteiger partial charge in [-0.2, -0.15) is 0 Å². The zero-order valence-electron chi connectivity index (χ0n) is 8.88. The first-order chi connectivity index (χ1) is 6.47. The highest BCUT2D eigenvalue weighted by molar-refractivity contribution is 5.86. The second-order valence-corrected chi connectivity index (χ2v) is 4.55. The number of rotatable bonds is 3. The maximum atomic E-state index is 11.7. The van der Waals surface area contributed by atoms with E-state index in [2.05, 4.69) is 0 Å². The van der Waals surface area contributed by atoms with E-state index >= 15 is 0 Å². The molecule has 0 bridgehead atoms. The van der Waals surface area contributed by atoms with Gasteiger partial charge in [0.1, 0.15) is 5.78 Å². The molecule has 14 heavy (non-hydrogen) atoms. The maximum Gasteiger partial charge on any atom is 0.303 e. The molecule has 0 aromatic rings. The second kappa shape index (κ2) is 4.11. The van der Waals surface area contributed by atoms with Crippen molar-refractivity contribution in [2.24, 2.45) is 11.3 Å². The van der Waals surface area contributed by atoms with E-state index in [1.54, 1.807) is 0 Å². The third-order valence-electron chi connectivity index (χ3n) is 3.56. The Bertz CT molecular complexity index is 247. The molecule has 0 unspecified atom stereocenters. The molecule has 1 fully saturated rings. The quantitative estimate of drug-likeness (QED) is 0.756. The summed E-state index contributed by atoms with van der Waals surface area (Å²) in [5.41, 5.74) is -0.392. The molecule has 2 atom stereocenters. The van der Waals surface area contributed by atoms with Gasteiger partial charge in [-0.3, -0.25) is 9.59 Å². The topological polar surface area (TPSA) is 54.4 Å². The SMILES string of the molecule is C[C@H](CC(=O)O)[C@]1(C)CCCCC1=O. The average molecular weight is 198 g/mol. The Kier molecular flexibility index (Phi) is 3.29. The molecule has 1 rings (SSSR count). The standard InChI is InChI=1S/C11H18O3/c1-8(7-10(13)14)11(2)6-4-3-5-9(11)12/h8H,3-7H2,1-2H3,(H,13,14)/t8-,11+/m1/s1. The smallest absolute Gasteiger partial charge is 0.303 e. The average Bonchev–Trinajstić information content (AvgIpc) is 2.09. The van der Waals surface area contributed by atoms with E-state index in [0.717, 1.165) is 19.3 Å². The molecule has 1 aliphatic rings. The molecule has 3 nitrogen and oxygen atoms in total. The first-order valence-corrected chi connectivity index (χ1v) is 5.22. The molecule has 1 N–H and O–H groups in total. The van der Waals surface area contributed by atoms with E-state index in [1.807, 2.05) is 13.8 Å². The largest absolute Gasteiger partial charge is 0.481 e. The van der Waals surface area contributed by atoms with Crippen molar-refractivity contribution in [3.8, 4) is 0 Å². The zero-order chi connectivity index (χ0) is 10.8. The van der Waals surface area contributed by atoms with E-state index in [4.69, 9.17) is 5.11 Å². The van der Waals surface area contributed by atoms with Crippen molar-refractivity contribution in [1.82, 2.24) is 0 Å². The summed E-state index contributed by atoms with van der Waals surface area (Å²) in [5.74, 6) is -0.609. The maximum absolute atomic E-state index is 11.7. The van der Waals surface area contributed by atoms with Crippen LogP contribution in [0.2, 0.25) is 0 Å². The third-order valence-corrected chi connectivity index (χ3v) is 3.56. The van der Waals surface area contributed by atoms with Crippen molar-refractivity contribution in [2.45, 2.75) is 46.0 Å². The summed E-state index contributed by atoms with van der Waals surface area (Å²) in [6.07, 6.45) is 3.59. The van der Waals surface area contributed by atoms with Crippen LogP contribution in [0.15, 0.2) is 0 Å². The fraction of sp³-hybridized carbons (Fsp3) is 0.818. The molecule has 0 amide bonds. The molecule has 0 spiro atoms. The van der Waals surface area contributed by atoms with E-state index in [0.29, 0.717) is 6.42 Å². The van der Waals surface area contributed by atoms with Crippen molar-refractivity contribution in [1.29, 1.82) is 0 Å². The van der Waals surface area contributed by atoms with Crippen LogP contribution in [-0.2, 0) is 9.59 Å². The molecule has 0 aromatic carbocycles. The van der Waals surface area contributed by atoms with Gasteiger partial charge in [-0.15, -0.1) is 0 Å². The number of hydrogen-bond acceptors (Lipinski definition) is 2. The summed E-state index contributed by atoms with van der Waals surface area (Å²) in [4.78, 5) is 22.3. The van der Waals surface area contributed by atoms with Crippen LogP contribution in [0, 0.1) is 11.3 Å². The van der Waals surface area contributed by atoms with E-state index in [-0.39, 0.29) is 18.1 Å². The van der Waals surface area contributed by atoms with E-state index in [1.165, 1.54) is 0 Å². The normalized spacial score (nSPS) is 30.0. The van der Waals surface area contributed by atoms with Crippen molar-refractivity contribution in [2.75, 3.05) is 0 Å². The number of hydrogen-bond donors (Lipinski definition) is 1. The van der Waals surface area contributed by atoms with Crippen LogP contribution in [0.5, 0.6) is 0 Å². The summed E-state index contributed by atoms with van der Waals surface area (Å²) in [5, 5.41) is 8.70. The van der Waals surface area contributed by atoms with Gasteiger partial charge in [0.25, 0.3) is 0 Å². The van der Waals surface area contributed by atoms with E-state index < -0.39 is 11.4 Å². The van der Waals surface area contributed by atoms with Crippen molar-refractivity contribution < 1.29 is 14.7 Å². The summed E-state index contributed by atoms with van der Waals surface area (Å²) < 4.78 is 0. The van der Waals surface area contributed by atoms with Crippen LogP contribution >= 0.6 is 0 Å². The highest BCUT2D eigenvalue weighted by Crippen LogP contribution is 2.40. The van der Waals surface area contributed by atoms with Gasteiger partial charge in [0.05, 0.1) is 0 Å².